The van der Waals surface area contributed by atoms with Gasteiger partial charge in [-0.15, -0.1) is 0 Å². The Kier molecular flexibility index (Phi) is 4.79. The van der Waals surface area contributed by atoms with Gasteiger partial charge in [0.25, 0.3) is 5.56 Å². The largest absolute Gasteiger partial charge is 0.311 e. The standard InChI is InChI=1S/C12H20N4OS/c1-3-13-7-9-6-11(17)15-12(14-9)10-8-18-5-4-16(10)2/h6,10,13H,3-5,7-8H2,1-2H3,(H,14,15,17). The van der Waals surface area contributed by atoms with Crippen LogP contribution < -0.4 is 10.9 Å². The molecule has 1 aromatic heterocycles. The zero-order valence-electron chi connectivity index (χ0n) is 10.9. The van der Waals surface area contributed by atoms with Crippen molar-refractivity contribution in [2.45, 2.75) is 19.5 Å². The Labute approximate surface area is 111 Å². The number of aromatic amines is 1. The summed E-state index contributed by atoms with van der Waals surface area (Å²) in [5.41, 5.74) is 0.761. The normalized spacial score (nSPS) is 21.1. The summed E-state index contributed by atoms with van der Waals surface area (Å²) in [5, 5.41) is 3.20. The minimum Gasteiger partial charge on any atom is -0.311 e. The highest BCUT2D eigenvalue weighted by Crippen LogP contribution is 2.25. The summed E-state index contributed by atoms with van der Waals surface area (Å²) in [4.78, 5) is 21.4. The number of hydrogen-bond donors (Lipinski definition) is 2. The molecular formula is C12H20N4OS. The van der Waals surface area contributed by atoms with Gasteiger partial charge in [-0.3, -0.25) is 9.69 Å². The molecule has 2 rings (SSSR count). The molecule has 100 valence electrons. The van der Waals surface area contributed by atoms with E-state index in [9.17, 15) is 4.79 Å². The molecule has 0 bridgehead atoms. The van der Waals surface area contributed by atoms with Crippen molar-refractivity contribution in [2.24, 2.45) is 0 Å². The first-order valence-corrected chi connectivity index (χ1v) is 7.45. The van der Waals surface area contributed by atoms with E-state index in [1.165, 1.54) is 0 Å². The molecule has 0 saturated carbocycles. The van der Waals surface area contributed by atoms with Gasteiger partial charge in [0.15, 0.2) is 0 Å². The molecule has 0 spiro atoms. The van der Waals surface area contributed by atoms with Crippen LogP contribution >= 0.6 is 11.8 Å². The van der Waals surface area contributed by atoms with Gasteiger partial charge in [-0.05, 0) is 13.6 Å². The molecule has 1 fully saturated rings. The van der Waals surface area contributed by atoms with Crippen molar-refractivity contribution < 1.29 is 0 Å². The topological polar surface area (TPSA) is 61.0 Å². The Balaban J connectivity index is 2.21. The predicted molar refractivity (Wildman–Crippen MR) is 74.9 cm³/mol. The van der Waals surface area contributed by atoms with Crippen LogP contribution in [0.1, 0.15) is 24.5 Å². The van der Waals surface area contributed by atoms with Gasteiger partial charge in [0.1, 0.15) is 5.82 Å². The first-order valence-electron chi connectivity index (χ1n) is 6.29. The molecule has 1 atom stereocenters. The number of hydrogen-bond acceptors (Lipinski definition) is 5. The third-order valence-corrected chi connectivity index (χ3v) is 4.10. The lowest BCUT2D eigenvalue weighted by Crippen LogP contribution is -2.35. The van der Waals surface area contributed by atoms with Crippen molar-refractivity contribution in [2.75, 3.05) is 31.6 Å². The van der Waals surface area contributed by atoms with Gasteiger partial charge in [-0.1, -0.05) is 6.92 Å². The molecule has 0 amide bonds. The summed E-state index contributed by atoms with van der Waals surface area (Å²) in [7, 11) is 2.08. The lowest BCUT2D eigenvalue weighted by atomic mass is 10.2. The average Bonchev–Trinajstić information content (AvgIpc) is 2.36. The van der Waals surface area contributed by atoms with Crippen LogP contribution in [0.3, 0.4) is 0 Å². The molecule has 1 aromatic rings. The third-order valence-electron chi connectivity index (χ3n) is 3.08. The molecule has 2 heterocycles. The van der Waals surface area contributed by atoms with Crippen molar-refractivity contribution in [3.8, 4) is 0 Å². The molecule has 2 N–H and O–H groups in total. The number of nitrogens with zero attached hydrogens (tertiary/aromatic N) is 2. The highest BCUT2D eigenvalue weighted by Gasteiger charge is 2.23. The molecule has 1 saturated heterocycles. The molecule has 1 aliphatic heterocycles. The second kappa shape index (κ2) is 6.36. The van der Waals surface area contributed by atoms with Gasteiger partial charge < -0.3 is 10.3 Å². The van der Waals surface area contributed by atoms with Gasteiger partial charge in [0, 0.05) is 30.7 Å². The SMILES string of the molecule is CCNCc1cc(=O)[nH]c(C2CSCCN2C)n1. The molecule has 6 heteroatoms. The average molecular weight is 268 g/mol. The van der Waals surface area contributed by atoms with Gasteiger partial charge >= 0.3 is 0 Å². The number of H-pyrrole nitrogens is 1. The molecule has 0 radical (unpaired) electrons. The second-order valence-electron chi connectivity index (χ2n) is 4.47. The summed E-state index contributed by atoms with van der Waals surface area (Å²) < 4.78 is 0. The minimum absolute atomic E-state index is 0.0584. The van der Waals surface area contributed by atoms with Crippen LogP contribution in [-0.2, 0) is 6.54 Å². The van der Waals surface area contributed by atoms with Crippen LogP contribution in [0.5, 0.6) is 0 Å². The first kappa shape index (κ1) is 13.6. The summed E-state index contributed by atoms with van der Waals surface area (Å²) >= 11 is 1.91. The number of rotatable bonds is 4. The fraction of sp³-hybridized carbons (Fsp3) is 0.667. The molecule has 0 aliphatic carbocycles. The Bertz CT molecular complexity index is 448. The fourth-order valence-corrected chi connectivity index (χ4v) is 3.22. The Hall–Kier alpha value is -0.850. The van der Waals surface area contributed by atoms with Gasteiger partial charge in [0.2, 0.25) is 0 Å². The second-order valence-corrected chi connectivity index (χ2v) is 5.62. The van der Waals surface area contributed by atoms with Crippen LogP contribution in [0.15, 0.2) is 10.9 Å². The van der Waals surface area contributed by atoms with E-state index in [4.69, 9.17) is 0 Å². The number of thioether (sulfide) groups is 1. The lowest BCUT2D eigenvalue weighted by molar-refractivity contribution is 0.263. The Morgan fingerprint density at radius 1 is 1.67 bits per heavy atom. The molecule has 5 nitrogen and oxygen atoms in total. The van der Waals surface area contributed by atoms with Crippen molar-refractivity contribution in [3.63, 3.8) is 0 Å². The van der Waals surface area contributed by atoms with Crippen molar-refractivity contribution in [1.29, 1.82) is 0 Å². The highest BCUT2D eigenvalue weighted by atomic mass is 32.2. The Morgan fingerprint density at radius 2 is 2.50 bits per heavy atom. The van der Waals surface area contributed by atoms with Crippen LogP contribution in [0, 0.1) is 0 Å². The van der Waals surface area contributed by atoms with E-state index in [1.54, 1.807) is 6.07 Å². The Morgan fingerprint density at radius 3 is 3.22 bits per heavy atom. The van der Waals surface area contributed by atoms with E-state index in [0.29, 0.717) is 6.54 Å². The smallest absolute Gasteiger partial charge is 0.251 e. The van der Waals surface area contributed by atoms with E-state index in [2.05, 4.69) is 27.2 Å². The molecule has 1 unspecified atom stereocenters. The van der Waals surface area contributed by atoms with E-state index >= 15 is 0 Å². The van der Waals surface area contributed by atoms with Gasteiger partial charge in [-0.2, -0.15) is 11.8 Å². The van der Waals surface area contributed by atoms with Gasteiger partial charge in [-0.25, -0.2) is 4.98 Å². The zero-order chi connectivity index (χ0) is 13.0. The summed E-state index contributed by atoms with van der Waals surface area (Å²) in [6, 6.07) is 1.79. The maximum Gasteiger partial charge on any atom is 0.251 e. The predicted octanol–water partition coefficient (Wildman–Crippen LogP) is 0.599. The molecule has 1 aliphatic rings. The maximum atomic E-state index is 11.7. The third kappa shape index (κ3) is 3.34. The fourth-order valence-electron chi connectivity index (χ4n) is 2.00. The van der Waals surface area contributed by atoms with Crippen molar-refractivity contribution >= 4 is 11.8 Å². The molecule has 18 heavy (non-hydrogen) atoms. The van der Waals surface area contributed by atoms with Crippen LogP contribution in [0.2, 0.25) is 0 Å². The molecular weight excluding hydrogens is 248 g/mol. The van der Waals surface area contributed by atoms with Crippen LogP contribution in [0.4, 0.5) is 0 Å². The highest BCUT2D eigenvalue weighted by molar-refractivity contribution is 7.99. The lowest BCUT2D eigenvalue weighted by Gasteiger charge is -2.31. The zero-order valence-corrected chi connectivity index (χ0v) is 11.7. The summed E-state index contributed by atoms with van der Waals surface area (Å²) in [5.74, 6) is 2.93. The van der Waals surface area contributed by atoms with E-state index in [-0.39, 0.29) is 11.6 Å². The number of nitrogens with one attached hydrogen (secondary N) is 2. The maximum absolute atomic E-state index is 11.7. The quantitative estimate of drug-likeness (QED) is 0.837. The van der Waals surface area contributed by atoms with Crippen LogP contribution in [-0.4, -0.2) is 46.5 Å². The molecule has 0 aromatic carbocycles. The van der Waals surface area contributed by atoms with Crippen molar-refractivity contribution in [1.82, 2.24) is 20.2 Å². The monoisotopic (exact) mass is 268 g/mol. The van der Waals surface area contributed by atoms with Crippen LogP contribution in [0.25, 0.3) is 0 Å². The summed E-state index contributed by atoms with van der Waals surface area (Å²) in [6.07, 6.45) is 0. The summed E-state index contributed by atoms with van der Waals surface area (Å²) in [6.45, 7) is 4.61. The van der Waals surface area contributed by atoms with Gasteiger partial charge in [0.05, 0.1) is 11.7 Å². The van der Waals surface area contributed by atoms with Crippen molar-refractivity contribution in [3.05, 3.63) is 27.9 Å². The van der Waals surface area contributed by atoms with E-state index in [0.717, 1.165) is 36.1 Å². The first-order chi connectivity index (χ1) is 8.70. The minimum atomic E-state index is -0.0584. The van der Waals surface area contributed by atoms with E-state index < -0.39 is 0 Å². The number of aromatic nitrogens is 2. The van der Waals surface area contributed by atoms with E-state index in [1.807, 2.05) is 18.7 Å².